The fourth-order valence-electron chi connectivity index (χ4n) is 3.56. The minimum Gasteiger partial charge on any atom is -0.459 e. The summed E-state index contributed by atoms with van der Waals surface area (Å²) >= 11 is 0. The molecule has 0 unspecified atom stereocenters. The van der Waals surface area contributed by atoms with Gasteiger partial charge in [-0.3, -0.25) is 4.79 Å². The molecule has 2 atom stereocenters. The Kier molecular flexibility index (Phi) is 7.60. The molecule has 170 valence electrons. The predicted octanol–water partition coefficient (Wildman–Crippen LogP) is 2.47. The maximum Gasteiger partial charge on any atom is 0.286 e. The van der Waals surface area contributed by atoms with Gasteiger partial charge in [0.1, 0.15) is 0 Å². The van der Waals surface area contributed by atoms with Gasteiger partial charge in [-0.1, -0.05) is 36.4 Å². The highest BCUT2D eigenvalue weighted by Gasteiger charge is 2.29. The molecule has 0 aromatic heterocycles. The SMILES string of the molecule is O=C(NCc1ccccc1)C1=C[C@H](c2ccc3c(c2)OCO3)C[C@H](OCCOCCO)O1. The number of carbonyl (C=O) groups excluding carboxylic acids is 1. The largest absolute Gasteiger partial charge is 0.459 e. The van der Waals surface area contributed by atoms with Crippen LogP contribution in [-0.2, 0) is 25.5 Å². The van der Waals surface area contributed by atoms with E-state index < -0.39 is 6.29 Å². The molecular formula is C24H27NO7. The van der Waals surface area contributed by atoms with Crippen LogP contribution in [0, 0.1) is 0 Å². The molecule has 0 saturated heterocycles. The van der Waals surface area contributed by atoms with Gasteiger partial charge in [0.25, 0.3) is 5.91 Å². The first-order valence-corrected chi connectivity index (χ1v) is 10.6. The van der Waals surface area contributed by atoms with Gasteiger partial charge in [-0.05, 0) is 29.3 Å². The number of allylic oxidation sites excluding steroid dienone is 1. The Hall–Kier alpha value is -3.07. The van der Waals surface area contributed by atoms with E-state index in [9.17, 15) is 4.79 Å². The maximum atomic E-state index is 12.8. The van der Waals surface area contributed by atoms with E-state index in [1.54, 1.807) is 0 Å². The van der Waals surface area contributed by atoms with Crippen molar-refractivity contribution in [2.45, 2.75) is 25.2 Å². The van der Waals surface area contributed by atoms with Crippen molar-refractivity contribution in [2.75, 3.05) is 33.2 Å². The van der Waals surface area contributed by atoms with Crippen molar-refractivity contribution in [3.8, 4) is 11.5 Å². The molecule has 2 aromatic carbocycles. The molecule has 0 radical (unpaired) electrons. The lowest BCUT2D eigenvalue weighted by Crippen LogP contribution is -2.33. The lowest BCUT2D eigenvalue weighted by Gasteiger charge is -2.29. The molecule has 2 aliphatic rings. The van der Waals surface area contributed by atoms with E-state index in [-0.39, 0.29) is 44.2 Å². The molecule has 8 heteroatoms. The van der Waals surface area contributed by atoms with Crippen LogP contribution in [-0.4, -0.2) is 50.5 Å². The Morgan fingerprint density at radius 2 is 1.91 bits per heavy atom. The van der Waals surface area contributed by atoms with Crippen molar-refractivity contribution >= 4 is 5.91 Å². The highest BCUT2D eigenvalue weighted by atomic mass is 16.7. The molecule has 2 heterocycles. The molecule has 0 aliphatic carbocycles. The van der Waals surface area contributed by atoms with Crippen molar-refractivity contribution < 1.29 is 33.6 Å². The van der Waals surface area contributed by atoms with Crippen molar-refractivity contribution in [1.82, 2.24) is 5.32 Å². The molecular weight excluding hydrogens is 414 g/mol. The second kappa shape index (κ2) is 11.0. The average Bonchev–Trinajstić information content (AvgIpc) is 3.31. The Labute approximate surface area is 186 Å². The van der Waals surface area contributed by atoms with Crippen molar-refractivity contribution in [3.05, 3.63) is 71.5 Å². The number of aliphatic hydroxyl groups is 1. The maximum absolute atomic E-state index is 12.8. The molecule has 0 bridgehead atoms. The monoisotopic (exact) mass is 441 g/mol. The number of nitrogens with one attached hydrogen (secondary N) is 1. The standard InChI is InChI=1S/C24H27NO7/c26-8-9-28-10-11-29-23-14-19(18-6-7-20-21(12-18)31-16-30-20)13-22(32-23)24(27)25-15-17-4-2-1-3-5-17/h1-7,12-13,19,23,26H,8-11,14-16H2,(H,25,27)/t19-,23+/m0/s1. The summed E-state index contributed by atoms with van der Waals surface area (Å²) in [5, 5.41) is 11.7. The van der Waals surface area contributed by atoms with Gasteiger partial charge in [0.05, 0.1) is 26.4 Å². The highest BCUT2D eigenvalue weighted by molar-refractivity contribution is 5.91. The zero-order valence-corrected chi connectivity index (χ0v) is 17.7. The van der Waals surface area contributed by atoms with E-state index in [0.717, 1.165) is 11.1 Å². The molecule has 2 N–H and O–H groups in total. The lowest BCUT2D eigenvalue weighted by atomic mass is 9.92. The third-order valence-electron chi connectivity index (χ3n) is 5.17. The van der Waals surface area contributed by atoms with E-state index in [4.69, 9.17) is 28.8 Å². The summed E-state index contributed by atoms with van der Waals surface area (Å²) in [5.41, 5.74) is 1.98. The Morgan fingerprint density at radius 3 is 2.75 bits per heavy atom. The van der Waals surface area contributed by atoms with Crippen molar-refractivity contribution in [1.29, 1.82) is 0 Å². The fourth-order valence-corrected chi connectivity index (χ4v) is 3.56. The molecule has 8 nitrogen and oxygen atoms in total. The van der Waals surface area contributed by atoms with Crippen LogP contribution >= 0.6 is 0 Å². The van der Waals surface area contributed by atoms with E-state index in [2.05, 4.69) is 5.32 Å². The van der Waals surface area contributed by atoms with Crippen LogP contribution in [0.1, 0.15) is 23.5 Å². The van der Waals surface area contributed by atoms with Gasteiger partial charge in [-0.2, -0.15) is 0 Å². The second-order valence-electron chi connectivity index (χ2n) is 7.41. The number of hydrogen-bond donors (Lipinski definition) is 2. The summed E-state index contributed by atoms with van der Waals surface area (Å²) in [4.78, 5) is 12.8. The molecule has 0 spiro atoms. The molecule has 2 aliphatic heterocycles. The Morgan fingerprint density at radius 1 is 1.06 bits per heavy atom. The van der Waals surface area contributed by atoms with Crippen LogP contribution in [0.3, 0.4) is 0 Å². The van der Waals surface area contributed by atoms with Crippen molar-refractivity contribution in [3.63, 3.8) is 0 Å². The fraction of sp³-hybridized carbons (Fsp3) is 0.375. The summed E-state index contributed by atoms with van der Waals surface area (Å²) in [6.45, 7) is 1.43. The summed E-state index contributed by atoms with van der Waals surface area (Å²) in [5.74, 6) is 1.21. The number of aliphatic hydroxyl groups excluding tert-OH is 1. The first-order valence-electron chi connectivity index (χ1n) is 10.6. The van der Waals surface area contributed by atoms with Gasteiger partial charge in [-0.25, -0.2) is 0 Å². The van der Waals surface area contributed by atoms with Crippen LogP contribution in [0.4, 0.5) is 0 Å². The Balaban J connectivity index is 1.45. The van der Waals surface area contributed by atoms with E-state index in [1.807, 2.05) is 54.6 Å². The van der Waals surface area contributed by atoms with Crippen LogP contribution in [0.5, 0.6) is 11.5 Å². The molecule has 4 rings (SSSR count). The topological polar surface area (TPSA) is 95.5 Å². The first-order chi connectivity index (χ1) is 15.7. The Bertz CT molecular complexity index is 931. The van der Waals surface area contributed by atoms with Crippen LogP contribution in [0.2, 0.25) is 0 Å². The predicted molar refractivity (Wildman–Crippen MR) is 115 cm³/mol. The van der Waals surface area contributed by atoms with Crippen LogP contribution < -0.4 is 14.8 Å². The molecule has 1 amide bonds. The summed E-state index contributed by atoms with van der Waals surface area (Å²) in [6, 6.07) is 15.4. The number of carbonyl (C=O) groups is 1. The zero-order chi connectivity index (χ0) is 22.2. The molecule has 2 aromatic rings. The smallest absolute Gasteiger partial charge is 0.286 e. The number of amides is 1. The van der Waals surface area contributed by atoms with Crippen molar-refractivity contribution in [2.24, 2.45) is 0 Å². The normalized spacial score (nSPS) is 19.2. The van der Waals surface area contributed by atoms with E-state index in [1.165, 1.54) is 0 Å². The van der Waals surface area contributed by atoms with Gasteiger partial charge in [0, 0.05) is 18.9 Å². The number of benzene rings is 2. The highest BCUT2D eigenvalue weighted by Crippen LogP contribution is 2.38. The quantitative estimate of drug-likeness (QED) is 0.547. The minimum absolute atomic E-state index is 0.0411. The van der Waals surface area contributed by atoms with E-state index in [0.29, 0.717) is 31.1 Å². The van der Waals surface area contributed by atoms with Crippen LogP contribution in [0.15, 0.2) is 60.4 Å². The van der Waals surface area contributed by atoms with Gasteiger partial charge in [0.2, 0.25) is 13.1 Å². The number of rotatable bonds is 10. The molecule has 32 heavy (non-hydrogen) atoms. The van der Waals surface area contributed by atoms with Gasteiger partial charge in [-0.15, -0.1) is 0 Å². The molecule has 0 saturated carbocycles. The third-order valence-corrected chi connectivity index (χ3v) is 5.17. The third kappa shape index (κ3) is 5.79. The minimum atomic E-state index is -0.606. The number of fused-ring (bicyclic) bond motifs is 1. The van der Waals surface area contributed by atoms with Gasteiger partial charge < -0.3 is 34.1 Å². The summed E-state index contributed by atoms with van der Waals surface area (Å²) in [6.07, 6.45) is 1.75. The van der Waals surface area contributed by atoms with Crippen LogP contribution in [0.25, 0.3) is 0 Å². The average molecular weight is 441 g/mol. The van der Waals surface area contributed by atoms with E-state index >= 15 is 0 Å². The first kappa shape index (κ1) is 22.1. The summed E-state index contributed by atoms with van der Waals surface area (Å²) in [7, 11) is 0. The zero-order valence-electron chi connectivity index (χ0n) is 17.7. The van der Waals surface area contributed by atoms with Gasteiger partial charge in [0.15, 0.2) is 17.3 Å². The lowest BCUT2D eigenvalue weighted by molar-refractivity contribution is -0.151. The van der Waals surface area contributed by atoms with Gasteiger partial charge >= 0.3 is 0 Å². The number of ether oxygens (including phenoxy) is 5. The summed E-state index contributed by atoms with van der Waals surface area (Å²) < 4.78 is 27.8. The molecule has 0 fully saturated rings. The number of hydrogen-bond acceptors (Lipinski definition) is 7. The second-order valence-corrected chi connectivity index (χ2v) is 7.41.